The van der Waals surface area contributed by atoms with Crippen LogP contribution in [-0.2, 0) is 11.2 Å². The molecule has 0 aliphatic carbocycles. The van der Waals surface area contributed by atoms with Crippen LogP contribution in [0.3, 0.4) is 0 Å². The van der Waals surface area contributed by atoms with Gasteiger partial charge in [-0.2, -0.15) is 0 Å². The third-order valence-electron chi connectivity index (χ3n) is 3.43. The molecule has 2 amide bonds. The lowest BCUT2D eigenvalue weighted by atomic mass is 10.1. The number of carbonyl (C=O) groups excluding carboxylic acids is 2. The summed E-state index contributed by atoms with van der Waals surface area (Å²) in [7, 11) is 0. The summed E-state index contributed by atoms with van der Waals surface area (Å²) in [6.45, 7) is 0. The molecule has 3 aromatic rings. The molecule has 25 heavy (non-hydrogen) atoms. The van der Waals surface area contributed by atoms with E-state index in [0.29, 0.717) is 22.0 Å². The molecule has 0 saturated heterocycles. The molecule has 1 heterocycles. The molecule has 7 heteroatoms. The molecule has 0 fully saturated rings. The van der Waals surface area contributed by atoms with Crippen molar-refractivity contribution in [3.8, 4) is 10.6 Å². The summed E-state index contributed by atoms with van der Waals surface area (Å²) < 4.78 is 13.3. The second-order valence-electron chi connectivity index (χ2n) is 5.29. The molecule has 3 N–H and O–H groups in total. The molecule has 0 atom stereocenters. The summed E-state index contributed by atoms with van der Waals surface area (Å²) in [5.41, 5.74) is 7.13. The Morgan fingerprint density at radius 3 is 2.72 bits per heavy atom. The van der Waals surface area contributed by atoms with Gasteiger partial charge in [0.05, 0.1) is 23.4 Å². The molecule has 0 aliphatic rings. The van der Waals surface area contributed by atoms with Crippen LogP contribution in [0.15, 0.2) is 53.9 Å². The van der Waals surface area contributed by atoms with Gasteiger partial charge in [-0.3, -0.25) is 9.59 Å². The summed E-state index contributed by atoms with van der Waals surface area (Å²) in [6.07, 6.45) is 0.0406. The average Bonchev–Trinajstić information content (AvgIpc) is 3.03. The van der Waals surface area contributed by atoms with Gasteiger partial charge < -0.3 is 11.1 Å². The van der Waals surface area contributed by atoms with E-state index in [2.05, 4.69) is 10.3 Å². The lowest BCUT2D eigenvalue weighted by Gasteiger charge is -2.07. The van der Waals surface area contributed by atoms with Gasteiger partial charge in [0.15, 0.2) is 0 Å². The Balaban J connectivity index is 1.71. The zero-order valence-corrected chi connectivity index (χ0v) is 13.8. The molecule has 0 spiro atoms. The third kappa shape index (κ3) is 4.07. The number of benzene rings is 2. The Labute approximate surface area is 147 Å². The predicted molar refractivity (Wildman–Crippen MR) is 94.8 cm³/mol. The molecule has 0 aliphatic heterocycles. The van der Waals surface area contributed by atoms with E-state index in [1.54, 1.807) is 41.8 Å². The molecule has 126 valence electrons. The van der Waals surface area contributed by atoms with E-state index in [9.17, 15) is 14.0 Å². The van der Waals surface area contributed by atoms with E-state index < -0.39 is 5.91 Å². The predicted octanol–water partition coefficient (Wildman–Crippen LogP) is 3.23. The highest BCUT2D eigenvalue weighted by Crippen LogP contribution is 2.24. The van der Waals surface area contributed by atoms with Crippen molar-refractivity contribution in [2.75, 3.05) is 5.32 Å². The number of anilines is 1. The number of halogens is 1. The van der Waals surface area contributed by atoms with Crippen LogP contribution in [0.4, 0.5) is 10.1 Å². The van der Waals surface area contributed by atoms with Crippen molar-refractivity contribution in [2.45, 2.75) is 6.42 Å². The molecule has 1 aromatic heterocycles. The highest BCUT2D eigenvalue weighted by atomic mass is 32.1. The number of para-hydroxylation sites is 1. The summed E-state index contributed by atoms with van der Waals surface area (Å²) in [5, 5.41) is 5.05. The normalized spacial score (nSPS) is 10.4. The van der Waals surface area contributed by atoms with Gasteiger partial charge in [0.25, 0.3) is 5.91 Å². The van der Waals surface area contributed by atoms with Crippen molar-refractivity contribution < 1.29 is 14.0 Å². The van der Waals surface area contributed by atoms with Crippen molar-refractivity contribution in [3.63, 3.8) is 0 Å². The lowest BCUT2D eigenvalue weighted by Crippen LogP contribution is -2.19. The largest absolute Gasteiger partial charge is 0.366 e. The van der Waals surface area contributed by atoms with E-state index in [4.69, 9.17) is 5.73 Å². The maximum Gasteiger partial charge on any atom is 0.250 e. The fraction of sp³-hybridized carbons (Fsp3) is 0.0556. The van der Waals surface area contributed by atoms with Crippen LogP contribution in [0.1, 0.15) is 16.1 Å². The molecule has 0 radical (unpaired) electrons. The van der Waals surface area contributed by atoms with Gasteiger partial charge in [-0.25, -0.2) is 9.37 Å². The van der Waals surface area contributed by atoms with Crippen LogP contribution in [0, 0.1) is 5.82 Å². The minimum Gasteiger partial charge on any atom is -0.366 e. The number of hydrogen-bond donors (Lipinski definition) is 2. The maximum atomic E-state index is 13.3. The SMILES string of the molecule is NC(=O)c1ccccc1NC(=O)Cc1csc(-c2cccc(F)c2)n1. The Hall–Kier alpha value is -3.06. The number of hydrogen-bond acceptors (Lipinski definition) is 4. The van der Waals surface area contributed by atoms with Crippen LogP contribution in [0.25, 0.3) is 10.6 Å². The molecule has 5 nitrogen and oxygen atoms in total. The minimum absolute atomic E-state index is 0.0406. The van der Waals surface area contributed by atoms with Crippen molar-refractivity contribution in [3.05, 3.63) is 71.0 Å². The Kier molecular flexibility index (Phi) is 4.85. The smallest absolute Gasteiger partial charge is 0.250 e. The molecule has 0 bridgehead atoms. The van der Waals surface area contributed by atoms with Gasteiger partial charge in [0.2, 0.25) is 5.91 Å². The van der Waals surface area contributed by atoms with Gasteiger partial charge in [0, 0.05) is 10.9 Å². The zero-order valence-electron chi connectivity index (χ0n) is 13.0. The van der Waals surface area contributed by atoms with Gasteiger partial charge in [0.1, 0.15) is 10.8 Å². The fourth-order valence-electron chi connectivity index (χ4n) is 2.31. The van der Waals surface area contributed by atoms with Crippen LogP contribution >= 0.6 is 11.3 Å². The Morgan fingerprint density at radius 2 is 1.96 bits per heavy atom. The first-order chi connectivity index (χ1) is 12.0. The molecular weight excluding hydrogens is 341 g/mol. The van der Waals surface area contributed by atoms with Crippen molar-refractivity contribution in [2.24, 2.45) is 5.73 Å². The number of nitrogens with two attached hydrogens (primary N) is 1. The van der Waals surface area contributed by atoms with E-state index in [0.717, 1.165) is 0 Å². The highest BCUT2D eigenvalue weighted by molar-refractivity contribution is 7.13. The number of primary amides is 1. The first kappa shape index (κ1) is 16.8. The third-order valence-corrected chi connectivity index (χ3v) is 4.37. The van der Waals surface area contributed by atoms with Crippen LogP contribution in [0.5, 0.6) is 0 Å². The van der Waals surface area contributed by atoms with E-state index >= 15 is 0 Å². The molecule has 3 rings (SSSR count). The standard InChI is InChI=1S/C18H14FN3O2S/c19-12-5-3-4-11(8-12)18-21-13(10-25-18)9-16(23)22-15-7-2-1-6-14(15)17(20)24/h1-8,10H,9H2,(H2,20,24)(H,22,23). The second-order valence-corrected chi connectivity index (χ2v) is 6.15. The molecule has 2 aromatic carbocycles. The van der Waals surface area contributed by atoms with Crippen molar-refractivity contribution >= 4 is 28.8 Å². The highest BCUT2D eigenvalue weighted by Gasteiger charge is 2.13. The number of rotatable bonds is 5. The van der Waals surface area contributed by atoms with E-state index in [-0.39, 0.29) is 23.7 Å². The first-order valence-corrected chi connectivity index (χ1v) is 8.30. The number of nitrogens with zero attached hydrogens (tertiary/aromatic N) is 1. The summed E-state index contributed by atoms with van der Waals surface area (Å²) in [4.78, 5) is 27.9. The fourth-order valence-corrected chi connectivity index (χ4v) is 3.12. The van der Waals surface area contributed by atoms with Gasteiger partial charge in [-0.05, 0) is 24.3 Å². The van der Waals surface area contributed by atoms with Gasteiger partial charge in [-0.1, -0.05) is 24.3 Å². The van der Waals surface area contributed by atoms with E-state index in [1.807, 2.05) is 0 Å². The van der Waals surface area contributed by atoms with E-state index in [1.165, 1.54) is 23.5 Å². The van der Waals surface area contributed by atoms with Crippen molar-refractivity contribution in [1.29, 1.82) is 0 Å². The molecule has 0 unspecified atom stereocenters. The number of thiazole rings is 1. The van der Waals surface area contributed by atoms with Gasteiger partial charge in [-0.15, -0.1) is 11.3 Å². The summed E-state index contributed by atoms with van der Waals surface area (Å²) >= 11 is 1.34. The summed E-state index contributed by atoms with van der Waals surface area (Å²) in [5.74, 6) is -1.27. The van der Waals surface area contributed by atoms with Crippen molar-refractivity contribution in [1.82, 2.24) is 4.98 Å². The first-order valence-electron chi connectivity index (χ1n) is 7.42. The van der Waals surface area contributed by atoms with Crippen LogP contribution < -0.4 is 11.1 Å². The molecular formula is C18H14FN3O2S. The van der Waals surface area contributed by atoms with Gasteiger partial charge >= 0.3 is 0 Å². The lowest BCUT2D eigenvalue weighted by molar-refractivity contribution is -0.115. The number of nitrogens with one attached hydrogen (secondary N) is 1. The van der Waals surface area contributed by atoms with Crippen LogP contribution in [0.2, 0.25) is 0 Å². The van der Waals surface area contributed by atoms with Crippen LogP contribution in [-0.4, -0.2) is 16.8 Å². The average molecular weight is 355 g/mol. The zero-order chi connectivity index (χ0) is 17.8. The topological polar surface area (TPSA) is 85.1 Å². The number of amides is 2. The Morgan fingerprint density at radius 1 is 1.16 bits per heavy atom. The summed E-state index contributed by atoms with van der Waals surface area (Å²) in [6, 6.07) is 12.6. The second kappa shape index (κ2) is 7.23. The number of aromatic nitrogens is 1. The maximum absolute atomic E-state index is 13.3. The quantitative estimate of drug-likeness (QED) is 0.737. The number of carbonyl (C=O) groups is 2. The Bertz CT molecular complexity index is 939. The molecule has 0 saturated carbocycles. The minimum atomic E-state index is -0.613. The monoisotopic (exact) mass is 355 g/mol.